The van der Waals surface area contributed by atoms with Crippen LogP contribution in [-0.4, -0.2) is 17.7 Å². The molecular formula is C11H11BrO3. The molecule has 0 atom stereocenters. The molecule has 0 aliphatic heterocycles. The van der Waals surface area contributed by atoms with Crippen molar-refractivity contribution in [2.45, 2.75) is 6.92 Å². The van der Waals surface area contributed by atoms with Gasteiger partial charge in [-0.3, -0.25) is 0 Å². The third kappa shape index (κ3) is 2.83. The maximum absolute atomic E-state index is 11.5. The van der Waals surface area contributed by atoms with Crippen molar-refractivity contribution in [3.8, 4) is 0 Å². The van der Waals surface area contributed by atoms with Crippen LogP contribution in [-0.2, 0) is 9.53 Å². The molecule has 1 aromatic rings. The van der Waals surface area contributed by atoms with Crippen molar-refractivity contribution in [2.24, 2.45) is 0 Å². The lowest BCUT2D eigenvalue weighted by molar-refractivity contribution is -0.136. The first-order valence-corrected chi connectivity index (χ1v) is 5.26. The highest BCUT2D eigenvalue weighted by Crippen LogP contribution is 2.24. The Morgan fingerprint density at radius 1 is 1.53 bits per heavy atom. The number of aliphatic hydroxyl groups excluding tert-OH is 1. The van der Waals surface area contributed by atoms with E-state index in [4.69, 9.17) is 9.84 Å². The molecule has 0 saturated carbocycles. The number of ether oxygens (including phenoxy) is 1. The van der Waals surface area contributed by atoms with Crippen molar-refractivity contribution in [1.29, 1.82) is 0 Å². The van der Waals surface area contributed by atoms with Gasteiger partial charge in [-0.25, -0.2) is 4.79 Å². The molecule has 0 amide bonds. The minimum absolute atomic E-state index is 0.143. The van der Waals surface area contributed by atoms with E-state index in [-0.39, 0.29) is 12.2 Å². The zero-order valence-electron chi connectivity index (χ0n) is 8.24. The van der Waals surface area contributed by atoms with Crippen molar-refractivity contribution < 1.29 is 14.6 Å². The van der Waals surface area contributed by atoms with Gasteiger partial charge in [0.1, 0.15) is 5.57 Å². The molecule has 4 heteroatoms. The van der Waals surface area contributed by atoms with E-state index >= 15 is 0 Å². The van der Waals surface area contributed by atoms with Crippen LogP contribution >= 0.6 is 15.9 Å². The van der Waals surface area contributed by atoms with Gasteiger partial charge < -0.3 is 9.84 Å². The van der Waals surface area contributed by atoms with Crippen LogP contribution in [0.3, 0.4) is 0 Å². The van der Waals surface area contributed by atoms with Gasteiger partial charge >= 0.3 is 5.97 Å². The first kappa shape index (κ1) is 11.8. The van der Waals surface area contributed by atoms with Gasteiger partial charge in [-0.1, -0.05) is 34.1 Å². The van der Waals surface area contributed by atoms with Crippen LogP contribution in [0.5, 0.6) is 0 Å². The second-order valence-corrected chi connectivity index (χ2v) is 3.60. The minimum Gasteiger partial charge on any atom is -0.515 e. The summed E-state index contributed by atoms with van der Waals surface area (Å²) in [6.45, 7) is 1.99. The standard InChI is InChI=1S/C11H11BrO3/c1-2-15-11(14)9(7-13)8-5-3-4-6-10(8)12/h3-7,13H,2H2,1H3. The van der Waals surface area contributed by atoms with E-state index in [2.05, 4.69) is 15.9 Å². The average Bonchev–Trinajstić information content (AvgIpc) is 2.22. The molecule has 0 aliphatic rings. The Kier molecular flexibility index (Phi) is 4.37. The molecule has 0 radical (unpaired) electrons. The van der Waals surface area contributed by atoms with Crippen LogP contribution in [0, 0.1) is 0 Å². The first-order chi connectivity index (χ1) is 7.20. The molecule has 0 bridgehead atoms. The van der Waals surface area contributed by atoms with Crippen molar-refractivity contribution in [3.63, 3.8) is 0 Å². The highest BCUT2D eigenvalue weighted by atomic mass is 79.9. The summed E-state index contributed by atoms with van der Waals surface area (Å²) in [6, 6.07) is 7.12. The smallest absolute Gasteiger partial charge is 0.341 e. The molecular weight excluding hydrogens is 260 g/mol. The van der Waals surface area contributed by atoms with Crippen LogP contribution < -0.4 is 0 Å². The Morgan fingerprint density at radius 2 is 2.20 bits per heavy atom. The first-order valence-electron chi connectivity index (χ1n) is 4.47. The molecule has 0 aliphatic carbocycles. The Labute approximate surface area is 96.5 Å². The number of carbonyl (C=O) groups excluding carboxylic acids is 1. The number of carbonyl (C=O) groups is 1. The van der Waals surface area contributed by atoms with E-state index in [9.17, 15) is 4.79 Å². The van der Waals surface area contributed by atoms with Gasteiger partial charge in [0.15, 0.2) is 0 Å². The van der Waals surface area contributed by atoms with Gasteiger partial charge in [0.25, 0.3) is 0 Å². The lowest BCUT2D eigenvalue weighted by Crippen LogP contribution is -2.07. The fourth-order valence-electron chi connectivity index (χ4n) is 1.12. The van der Waals surface area contributed by atoms with Crippen LogP contribution in [0.1, 0.15) is 12.5 Å². The third-order valence-corrected chi connectivity index (χ3v) is 2.48. The molecule has 0 fully saturated rings. The Balaban J connectivity index is 3.04. The summed E-state index contributed by atoms with van der Waals surface area (Å²) in [5, 5.41) is 9.02. The molecule has 0 heterocycles. The van der Waals surface area contributed by atoms with Gasteiger partial charge in [-0.2, -0.15) is 0 Å². The SMILES string of the molecule is CCOC(=O)C(=CO)c1ccccc1Br. The molecule has 0 aromatic heterocycles. The van der Waals surface area contributed by atoms with Crippen LogP contribution in [0.2, 0.25) is 0 Å². The molecule has 15 heavy (non-hydrogen) atoms. The monoisotopic (exact) mass is 270 g/mol. The molecule has 1 aromatic carbocycles. The highest BCUT2D eigenvalue weighted by molar-refractivity contribution is 9.10. The minimum atomic E-state index is -0.535. The Bertz CT molecular complexity index is 385. The van der Waals surface area contributed by atoms with Crippen LogP contribution in [0.4, 0.5) is 0 Å². The van der Waals surface area contributed by atoms with E-state index in [1.165, 1.54) is 0 Å². The van der Waals surface area contributed by atoms with E-state index in [0.717, 1.165) is 10.7 Å². The number of aliphatic hydroxyl groups is 1. The van der Waals surface area contributed by atoms with Gasteiger partial charge in [0.2, 0.25) is 0 Å². The normalized spacial score (nSPS) is 11.2. The second kappa shape index (κ2) is 5.56. The predicted molar refractivity (Wildman–Crippen MR) is 61.4 cm³/mol. The van der Waals surface area contributed by atoms with Crippen molar-refractivity contribution >= 4 is 27.5 Å². The predicted octanol–water partition coefficient (Wildman–Crippen LogP) is 2.91. The van der Waals surface area contributed by atoms with Crippen molar-refractivity contribution in [2.75, 3.05) is 6.61 Å². The molecule has 0 spiro atoms. The summed E-state index contributed by atoms with van der Waals surface area (Å²) in [5.74, 6) is -0.535. The van der Waals surface area contributed by atoms with Crippen LogP contribution in [0.15, 0.2) is 35.0 Å². The van der Waals surface area contributed by atoms with E-state index in [0.29, 0.717) is 5.56 Å². The number of benzene rings is 1. The third-order valence-electron chi connectivity index (χ3n) is 1.79. The van der Waals surface area contributed by atoms with Crippen LogP contribution in [0.25, 0.3) is 5.57 Å². The lowest BCUT2D eigenvalue weighted by atomic mass is 10.1. The zero-order chi connectivity index (χ0) is 11.3. The summed E-state index contributed by atoms with van der Waals surface area (Å²) in [5.41, 5.74) is 0.753. The largest absolute Gasteiger partial charge is 0.515 e. The number of halogens is 1. The number of esters is 1. The summed E-state index contributed by atoms with van der Waals surface area (Å²) < 4.78 is 5.55. The quantitative estimate of drug-likeness (QED) is 0.522. The molecule has 1 N–H and O–H groups in total. The molecule has 80 valence electrons. The lowest BCUT2D eigenvalue weighted by Gasteiger charge is -2.07. The summed E-state index contributed by atoms with van der Waals surface area (Å²) in [7, 11) is 0. The molecule has 0 unspecified atom stereocenters. The molecule has 1 rings (SSSR count). The Hall–Kier alpha value is -1.29. The molecule has 0 saturated heterocycles. The van der Waals surface area contributed by atoms with Crippen molar-refractivity contribution in [1.82, 2.24) is 0 Å². The number of hydrogen-bond acceptors (Lipinski definition) is 3. The average molecular weight is 271 g/mol. The topological polar surface area (TPSA) is 46.5 Å². The van der Waals surface area contributed by atoms with E-state index in [1.54, 1.807) is 25.1 Å². The Morgan fingerprint density at radius 3 is 2.73 bits per heavy atom. The van der Waals surface area contributed by atoms with Crippen molar-refractivity contribution in [3.05, 3.63) is 40.6 Å². The number of hydrogen-bond donors (Lipinski definition) is 1. The highest BCUT2D eigenvalue weighted by Gasteiger charge is 2.15. The number of rotatable bonds is 3. The van der Waals surface area contributed by atoms with E-state index in [1.807, 2.05) is 6.07 Å². The van der Waals surface area contributed by atoms with Gasteiger partial charge in [0, 0.05) is 10.0 Å². The maximum atomic E-state index is 11.5. The summed E-state index contributed by atoms with van der Waals surface area (Å²) >= 11 is 3.30. The summed E-state index contributed by atoms with van der Waals surface area (Å²) in [4.78, 5) is 11.5. The summed E-state index contributed by atoms with van der Waals surface area (Å²) in [6.07, 6.45) is 0.762. The maximum Gasteiger partial charge on any atom is 0.341 e. The fourth-order valence-corrected chi connectivity index (χ4v) is 1.62. The zero-order valence-corrected chi connectivity index (χ0v) is 9.82. The van der Waals surface area contributed by atoms with E-state index < -0.39 is 5.97 Å². The van der Waals surface area contributed by atoms with Gasteiger partial charge in [-0.05, 0) is 13.0 Å². The van der Waals surface area contributed by atoms with Gasteiger partial charge in [0.05, 0.1) is 12.9 Å². The fraction of sp³-hybridized carbons (Fsp3) is 0.182. The molecule has 3 nitrogen and oxygen atoms in total. The second-order valence-electron chi connectivity index (χ2n) is 2.74. The van der Waals surface area contributed by atoms with Gasteiger partial charge in [-0.15, -0.1) is 0 Å².